The summed E-state index contributed by atoms with van der Waals surface area (Å²) in [6.45, 7) is 8.23. The summed E-state index contributed by atoms with van der Waals surface area (Å²) in [5.74, 6) is 0.944. The molecule has 1 rings (SSSR count). The molecule has 0 aromatic heterocycles. The van der Waals surface area contributed by atoms with Crippen molar-refractivity contribution in [3.05, 3.63) is 28.2 Å². The first-order valence-corrected chi connectivity index (χ1v) is 8.07. The average Bonchev–Trinajstić information content (AvgIpc) is 2.36. The maximum absolute atomic E-state index is 5.48. The number of rotatable bonds is 9. The van der Waals surface area contributed by atoms with Crippen LogP contribution < -0.4 is 10.1 Å². The highest BCUT2D eigenvalue weighted by Crippen LogP contribution is 2.24. The summed E-state index contributed by atoms with van der Waals surface area (Å²) in [5.41, 5.74) is 1.38. The molecule has 0 heterocycles. The number of aryl methyl sites for hydroxylation is 1. The fourth-order valence-electron chi connectivity index (χ4n) is 2.00. The van der Waals surface area contributed by atoms with Crippen LogP contribution in [0.15, 0.2) is 22.7 Å². The van der Waals surface area contributed by atoms with Crippen molar-refractivity contribution in [3.8, 4) is 5.75 Å². The van der Waals surface area contributed by atoms with Crippen molar-refractivity contribution in [1.29, 1.82) is 0 Å². The first kappa shape index (κ1) is 16.5. The minimum absolute atomic E-state index is 0.597. The van der Waals surface area contributed by atoms with Gasteiger partial charge in [-0.2, -0.15) is 0 Å². The van der Waals surface area contributed by atoms with E-state index in [4.69, 9.17) is 4.74 Å². The number of nitrogens with one attached hydrogen (secondary N) is 1. The van der Waals surface area contributed by atoms with Crippen LogP contribution in [0.4, 0.5) is 0 Å². The second-order valence-electron chi connectivity index (χ2n) is 5.11. The largest absolute Gasteiger partial charge is 0.494 e. The Kier molecular flexibility index (Phi) is 8.15. The summed E-state index contributed by atoms with van der Waals surface area (Å²) >= 11 is 3.63. The number of hydrogen-bond donors (Lipinski definition) is 1. The summed E-state index contributed by atoms with van der Waals surface area (Å²) in [6, 6.07) is 6.89. The second-order valence-corrected chi connectivity index (χ2v) is 5.96. The summed E-state index contributed by atoms with van der Waals surface area (Å²) in [4.78, 5) is 0. The van der Waals surface area contributed by atoms with Gasteiger partial charge in [0, 0.05) is 10.5 Å². The minimum Gasteiger partial charge on any atom is -0.494 e. The quantitative estimate of drug-likeness (QED) is 0.671. The average molecular weight is 328 g/mol. The molecule has 0 aliphatic carbocycles. The van der Waals surface area contributed by atoms with Gasteiger partial charge in [-0.15, -0.1) is 0 Å². The molecule has 0 bridgehead atoms. The smallest absolute Gasteiger partial charge is 0.120 e. The predicted octanol–water partition coefficient (Wildman–Crippen LogP) is 4.56. The van der Waals surface area contributed by atoms with E-state index in [9.17, 15) is 0 Å². The van der Waals surface area contributed by atoms with Crippen LogP contribution >= 0.6 is 15.9 Å². The van der Waals surface area contributed by atoms with Crippen LogP contribution in [-0.2, 0) is 6.42 Å². The molecule has 0 radical (unpaired) electrons. The molecule has 0 unspecified atom stereocenters. The highest BCUT2D eigenvalue weighted by Gasteiger charge is 2.02. The van der Waals surface area contributed by atoms with Crippen molar-refractivity contribution in [3.63, 3.8) is 0 Å². The summed E-state index contributed by atoms with van der Waals surface area (Å²) < 4.78 is 6.65. The van der Waals surface area contributed by atoms with E-state index in [-0.39, 0.29) is 0 Å². The lowest BCUT2D eigenvalue weighted by atomic mass is 10.1. The van der Waals surface area contributed by atoms with E-state index >= 15 is 0 Å². The van der Waals surface area contributed by atoms with Gasteiger partial charge in [-0.25, -0.2) is 0 Å². The monoisotopic (exact) mass is 327 g/mol. The Labute approximate surface area is 126 Å². The Balaban J connectivity index is 2.25. The lowest BCUT2D eigenvalue weighted by Crippen LogP contribution is -2.23. The SMILES string of the molecule is CCOc1ccc(CCCCCNC(C)C)c(Br)c1. The Morgan fingerprint density at radius 1 is 1.21 bits per heavy atom. The lowest BCUT2D eigenvalue weighted by molar-refractivity contribution is 0.340. The molecule has 1 aromatic carbocycles. The van der Waals surface area contributed by atoms with Gasteiger partial charge in [-0.05, 0) is 50.4 Å². The predicted molar refractivity (Wildman–Crippen MR) is 86.0 cm³/mol. The molecule has 0 amide bonds. The van der Waals surface area contributed by atoms with Gasteiger partial charge in [-0.3, -0.25) is 0 Å². The lowest BCUT2D eigenvalue weighted by Gasteiger charge is -2.09. The van der Waals surface area contributed by atoms with Crippen LogP contribution in [0.5, 0.6) is 5.75 Å². The van der Waals surface area contributed by atoms with E-state index < -0.39 is 0 Å². The number of ether oxygens (including phenoxy) is 1. The van der Waals surface area contributed by atoms with Gasteiger partial charge in [0.1, 0.15) is 5.75 Å². The zero-order valence-corrected chi connectivity index (χ0v) is 13.9. The molecule has 0 aliphatic heterocycles. The maximum Gasteiger partial charge on any atom is 0.120 e. The van der Waals surface area contributed by atoms with E-state index in [0.29, 0.717) is 12.6 Å². The van der Waals surface area contributed by atoms with Gasteiger partial charge in [0.05, 0.1) is 6.61 Å². The summed E-state index contributed by atoms with van der Waals surface area (Å²) in [7, 11) is 0. The first-order valence-electron chi connectivity index (χ1n) is 7.28. The third kappa shape index (κ3) is 6.98. The molecule has 0 saturated carbocycles. The van der Waals surface area contributed by atoms with Crippen molar-refractivity contribution in [2.45, 2.75) is 52.5 Å². The van der Waals surface area contributed by atoms with Crippen LogP contribution in [0, 0.1) is 0 Å². The Morgan fingerprint density at radius 3 is 2.63 bits per heavy atom. The Hall–Kier alpha value is -0.540. The first-order chi connectivity index (χ1) is 9.13. The highest BCUT2D eigenvalue weighted by atomic mass is 79.9. The van der Waals surface area contributed by atoms with Gasteiger partial charge in [0.25, 0.3) is 0 Å². The molecule has 108 valence electrons. The minimum atomic E-state index is 0.597. The standard InChI is InChI=1S/C16H26BrNO/c1-4-19-15-10-9-14(16(17)12-15)8-6-5-7-11-18-13(2)3/h9-10,12-13,18H,4-8,11H2,1-3H3. The fraction of sp³-hybridized carbons (Fsp3) is 0.625. The van der Waals surface area contributed by atoms with E-state index in [0.717, 1.165) is 18.7 Å². The Morgan fingerprint density at radius 2 is 2.00 bits per heavy atom. The maximum atomic E-state index is 5.48. The fourth-order valence-corrected chi connectivity index (χ4v) is 2.55. The molecule has 0 saturated heterocycles. The van der Waals surface area contributed by atoms with Crippen LogP contribution in [-0.4, -0.2) is 19.2 Å². The number of hydrogen-bond acceptors (Lipinski definition) is 2. The van der Waals surface area contributed by atoms with Gasteiger partial charge in [0.2, 0.25) is 0 Å². The van der Waals surface area contributed by atoms with Gasteiger partial charge < -0.3 is 10.1 Å². The number of unbranched alkanes of at least 4 members (excludes halogenated alkanes) is 2. The zero-order valence-electron chi connectivity index (χ0n) is 12.3. The van der Waals surface area contributed by atoms with Crippen molar-refractivity contribution >= 4 is 15.9 Å². The van der Waals surface area contributed by atoms with Crippen LogP contribution in [0.2, 0.25) is 0 Å². The molecule has 1 aromatic rings. The van der Waals surface area contributed by atoms with Gasteiger partial charge in [0.15, 0.2) is 0 Å². The normalized spacial score (nSPS) is 11.0. The van der Waals surface area contributed by atoms with E-state index in [1.54, 1.807) is 0 Å². The molecule has 2 nitrogen and oxygen atoms in total. The van der Waals surface area contributed by atoms with Crippen LogP contribution in [0.3, 0.4) is 0 Å². The summed E-state index contributed by atoms with van der Waals surface area (Å²) in [5, 5.41) is 3.45. The van der Waals surface area contributed by atoms with Gasteiger partial charge in [-0.1, -0.05) is 42.3 Å². The number of benzene rings is 1. The molecule has 19 heavy (non-hydrogen) atoms. The molecule has 0 spiro atoms. The molecule has 0 aliphatic rings. The zero-order chi connectivity index (χ0) is 14.1. The van der Waals surface area contributed by atoms with Crippen molar-refractivity contribution < 1.29 is 4.74 Å². The topological polar surface area (TPSA) is 21.3 Å². The molecular weight excluding hydrogens is 302 g/mol. The van der Waals surface area contributed by atoms with Crippen molar-refractivity contribution in [2.24, 2.45) is 0 Å². The second kappa shape index (κ2) is 9.38. The van der Waals surface area contributed by atoms with Gasteiger partial charge >= 0.3 is 0 Å². The third-order valence-electron chi connectivity index (χ3n) is 3.01. The molecular formula is C16H26BrNO. The van der Waals surface area contributed by atoms with E-state index in [1.165, 1.54) is 29.3 Å². The Bertz CT molecular complexity index is 366. The highest BCUT2D eigenvalue weighted by molar-refractivity contribution is 9.10. The third-order valence-corrected chi connectivity index (χ3v) is 3.75. The van der Waals surface area contributed by atoms with Crippen LogP contribution in [0.1, 0.15) is 45.6 Å². The molecule has 3 heteroatoms. The van der Waals surface area contributed by atoms with E-state index in [1.807, 2.05) is 6.92 Å². The number of halogens is 1. The molecule has 1 N–H and O–H groups in total. The molecule has 0 atom stereocenters. The van der Waals surface area contributed by atoms with Crippen LogP contribution in [0.25, 0.3) is 0 Å². The van der Waals surface area contributed by atoms with Crippen molar-refractivity contribution in [2.75, 3.05) is 13.2 Å². The van der Waals surface area contributed by atoms with Crippen molar-refractivity contribution in [1.82, 2.24) is 5.32 Å². The van der Waals surface area contributed by atoms with E-state index in [2.05, 4.69) is 53.3 Å². The molecule has 0 fully saturated rings. The summed E-state index contributed by atoms with van der Waals surface area (Å²) in [6.07, 6.45) is 4.91.